The molecule has 0 atom stereocenters. The molecule has 1 aromatic rings. The first kappa shape index (κ1) is 16.4. The monoisotopic (exact) mass is 346 g/mol. The molecule has 1 amide bonds. The lowest BCUT2D eigenvalue weighted by Crippen LogP contribution is -2.73. The Bertz CT molecular complexity index is 580. The summed E-state index contributed by atoms with van der Waals surface area (Å²) in [6.45, 7) is 5.62. The van der Waals surface area contributed by atoms with Crippen LogP contribution in [-0.4, -0.2) is 48.4 Å². The lowest BCUT2D eigenvalue weighted by Gasteiger charge is -2.61. The first-order chi connectivity index (χ1) is 11.6. The minimum absolute atomic E-state index is 0.258. The van der Waals surface area contributed by atoms with Gasteiger partial charge >= 0.3 is 0 Å². The normalized spacial score (nSPS) is 23.8. The van der Waals surface area contributed by atoms with Crippen molar-refractivity contribution in [1.29, 1.82) is 0 Å². The van der Waals surface area contributed by atoms with Gasteiger partial charge in [-0.3, -0.25) is 4.79 Å². The van der Waals surface area contributed by atoms with Crippen LogP contribution in [0.25, 0.3) is 0 Å². The molecule has 0 unspecified atom stereocenters. The quantitative estimate of drug-likeness (QED) is 0.831. The summed E-state index contributed by atoms with van der Waals surface area (Å²) in [6, 6.07) is 7.61. The van der Waals surface area contributed by atoms with Crippen molar-refractivity contribution in [2.24, 2.45) is 11.3 Å². The number of nitrogens with zero attached hydrogens (tertiary/aromatic N) is 2. The Labute approximate surface area is 150 Å². The molecular weight excluding hydrogens is 320 g/mol. The van der Waals surface area contributed by atoms with Crippen molar-refractivity contribution < 1.29 is 4.79 Å². The molecule has 0 bridgehead atoms. The van der Waals surface area contributed by atoms with Crippen LogP contribution in [-0.2, 0) is 11.2 Å². The summed E-state index contributed by atoms with van der Waals surface area (Å²) in [4.78, 5) is 17.0. The zero-order valence-electron chi connectivity index (χ0n) is 14.3. The number of benzene rings is 1. The second-order valence-corrected chi connectivity index (χ2v) is 8.66. The third-order valence-electron chi connectivity index (χ3n) is 6.03. The van der Waals surface area contributed by atoms with Crippen LogP contribution >= 0.6 is 11.6 Å². The summed E-state index contributed by atoms with van der Waals surface area (Å²) < 4.78 is 0. The van der Waals surface area contributed by atoms with Crippen LogP contribution in [0.2, 0.25) is 5.02 Å². The van der Waals surface area contributed by atoms with E-state index in [2.05, 4.69) is 4.90 Å². The highest BCUT2D eigenvalue weighted by Gasteiger charge is 2.52. The molecule has 130 valence electrons. The topological polar surface area (TPSA) is 23.6 Å². The van der Waals surface area contributed by atoms with Gasteiger partial charge in [-0.2, -0.15) is 0 Å². The Hall–Kier alpha value is -1.06. The maximum Gasteiger partial charge on any atom is 0.227 e. The molecule has 1 saturated carbocycles. The Morgan fingerprint density at radius 3 is 2.38 bits per heavy atom. The van der Waals surface area contributed by atoms with Gasteiger partial charge in [-0.1, -0.05) is 43.0 Å². The Morgan fingerprint density at radius 1 is 1.04 bits per heavy atom. The van der Waals surface area contributed by atoms with Gasteiger partial charge in [0.05, 0.1) is 6.42 Å². The van der Waals surface area contributed by atoms with Crippen LogP contribution < -0.4 is 0 Å². The number of hydrogen-bond acceptors (Lipinski definition) is 2. The van der Waals surface area contributed by atoms with E-state index in [0.717, 1.165) is 29.6 Å². The molecule has 3 fully saturated rings. The zero-order valence-corrected chi connectivity index (χ0v) is 15.1. The first-order valence-electron chi connectivity index (χ1n) is 9.37. The lowest BCUT2D eigenvalue weighted by molar-refractivity contribution is -0.159. The van der Waals surface area contributed by atoms with Crippen LogP contribution in [0.1, 0.15) is 37.7 Å². The van der Waals surface area contributed by atoms with E-state index in [1.165, 1.54) is 51.7 Å². The molecule has 0 N–H and O–H groups in total. The van der Waals surface area contributed by atoms with Gasteiger partial charge in [0.25, 0.3) is 0 Å². The summed E-state index contributed by atoms with van der Waals surface area (Å²) in [5.74, 6) is 1.19. The molecule has 2 aliphatic heterocycles. The summed E-state index contributed by atoms with van der Waals surface area (Å²) >= 11 is 5.90. The number of likely N-dealkylation sites (tertiary alicyclic amines) is 2. The Morgan fingerprint density at radius 2 is 1.71 bits per heavy atom. The lowest BCUT2D eigenvalue weighted by atomic mass is 9.72. The van der Waals surface area contributed by atoms with Crippen LogP contribution in [0.5, 0.6) is 0 Å². The van der Waals surface area contributed by atoms with Gasteiger partial charge in [0.15, 0.2) is 0 Å². The summed E-state index contributed by atoms with van der Waals surface area (Å²) in [7, 11) is 0. The third kappa shape index (κ3) is 3.48. The summed E-state index contributed by atoms with van der Waals surface area (Å²) in [5, 5.41) is 0.724. The van der Waals surface area contributed by atoms with Crippen molar-refractivity contribution in [3.63, 3.8) is 0 Å². The first-order valence-corrected chi connectivity index (χ1v) is 9.74. The van der Waals surface area contributed by atoms with Crippen molar-refractivity contribution in [2.75, 3.05) is 32.7 Å². The van der Waals surface area contributed by atoms with Crippen molar-refractivity contribution in [2.45, 2.75) is 38.5 Å². The average Bonchev–Trinajstić information content (AvgIpc) is 2.51. The SMILES string of the molecule is O=C(Cc1ccc(Cl)cc1)N1CC2(CN(CC3CCCCC3)C2)C1. The molecule has 4 rings (SSSR count). The number of hydrogen-bond donors (Lipinski definition) is 0. The molecule has 3 aliphatic rings. The van der Waals surface area contributed by atoms with Gasteiger partial charge < -0.3 is 9.80 Å². The maximum atomic E-state index is 12.4. The van der Waals surface area contributed by atoms with Gasteiger partial charge in [0.2, 0.25) is 5.91 Å². The van der Waals surface area contributed by atoms with E-state index in [1.807, 2.05) is 29.2 Å². The molecule has 2 saturated heterocycles. The molecule has 1 aromatic carbocycles. The van der Waals surface area contributed by atoms with Crippen molar-refractivity contribution >= 4 is 17.5 Å². The molecule has 1 aliphatic carbocycles. The van der Waals surface area contributed by atoms with Gasteiger partial charge in [0, 0.05) is 43.2 Å². The van der Waals surface area contributed by atoms with E-state index in [1.54, 1.807) is 0 Å². The molecule has 2 heterocycles. The fourth-order valence-electron chi connectivity index (χ4n) is 4.79. The number of carbonyl (C=O) groups excluding carboxylic acids is 1. The molecule has 4 heteroatoms. The van der Waals surface area contributed by atoms with E-state index in [9.17, 15) is 4.79 Å². The maximum absolute atomic E-state index is 12.4. The minimum Gasteiger partial charge on any atom is -0.341 e. The summed E-state index contributed by atoms with van der Waals surface area (Å²) in [6.07, 6.45) is 7.64. The number of amides is 1. The highest BCUT2D eigenvalue weighted by Crippen LogP contribution is 2.41. The second-order valence-electron chi connectivity index (χ2n) is 8.23. The fourth-order valence-corrected chi connectivity index (χ4v) is 4.92. The number of carbonyl (C=O) groups is 1. The predicted octanol–water partition coefficient (Wildman–Crippen LogP) is 3.61. The van der Waals surface area contributed by atoms with Gasteiger partial charge in [0.1, 0.15) is 0 Å². The highest BCUT2D eigenvalue weighted by atomic mass is 35.5. The van der Waals surface area contributed by atoms with E-state index in [0.29, 0.717) is 11.8 Å². The molecule has 24 heavy (non-hydrogen) atoms. The van der Waals surface area contributed by atoms with Crippen LogP contribution in [0.15, 0.2) is 24.3 Å². The zero-order chi connectivity index (χ0) is 16.6. The predicted molar refractivity (Wildman–Crippen MR) is 97.2 cm³/mol. The molecule has 0 radical (unpaired) electrons. The van der Waals surface area contributed by atoms with Gasteiger partial charge in [-0.15, -0.1) is 0 Å². The molecule has 3 nitrogen and oxygen atoms in total. The van der Waals surface area contributed by atoms with Gasteiger partial charge in [-0.05, 0) is 36.5 Å². The average molecular weight is 347 g/mol. The van der Waals surface area contributed by atoms with E-state index >= 15 is 0 Å². The van der Waals surface area contributed by atoms with Crippen molar-refractivity contribution in [3.05, 3.63) is 34.9 Å². The number of halogens is 1. The van der Waals surface area contributed by atoms with Crippen LogP contribution in [0.4, 0.5) is 0 Å². The third-order valence-corrected chi connectivity index (χ3v) is 6.29. The van der Waals surface area contributed by atoms with E-state index in [4.69, 9.17) is 11.6 Å². The minimum atomic E-state index is 0.258. The smallest absolute Gasteiger partial charge is 0.227 e. The van der Waals surface area contributed by atoms with Gasteiger partial charge in [-0.25, -0.2) is 0 Å². The molecule has 0 aromatic heterocycles. The highest BCUT2D eigenvalue weighted by molar-refractivity contribution is 6.30. The van der Waals surface area contributed by atoms with E-state index in [-0.39, 0.29) is 5.91 Å². The fraction of sp³-hybridized carbons (Fsp3) is 0.650. The Balaban J connectivity index is 1.19. The number of rotatable bonds is 4. The summed E-state index contributed by atoms with van der Waals surface area (Å²) in [5.41, 5.74) is 1.47. The van der Waals surface area contributed by atoms with Crippen molar-refractivity contribution in [3.8, 4) is 0 Å². The standard InChI is InChI=1S/C20H27ClN2O/c21-18-8-6-16(7-9-18)10-19(24)23-14-20(15-23)12-22(13-20)11-17-4-2-1-3-5-17/h6-9,17H,1-5,10-15H2. The largest absolute Gasteiger partial charge is 0.341 e. The Kier molecular flexibility index (Phi) is 4.57. The van der Waals surface area contributed by atoms with E-state index < -0.39 is 0 Å². The van der Waals surface area contributed by atoms with Crippen LogP contribution in [0.3, 0.4) is 0 Å². The van der Waals surface area contributed by atoms with Crippen molar-refractivity contribution in [1.82, 2.24) is 9.80 Å². The molecular formula is C20H27ClN2O. The van der Waals surface area contributed by atoms with Crippen LogP contribution in [0, 0.1) is 11.3 Å². The second kappa shape index (κ2) is 6.68. The molecule has 1 spiro atoms.